The molecule has 3 aromatic carbocycles. The summed E-state index contributed by atoms with van der Waals surface area (Å²) in [4.78, 5) is 25.1. The summed E-state index contributed by atoms with van der Waals surface area (Å²) in [5.41, 5.74) is 2.03. The molecule has 6 heteroatoms. The lowest BCUT2D eigenvalue weighted by molar-refractivity contribution is -0.384. The highest BCUT2D eigenvalue weighted by atomic mass is 16.6. The minimum Gasteiger partial charge on any atom is -0.497 e. The van der Waals surface area contributed by atoms with Crippen molar-refractivity contribution < 1.29 is 14.5 Å². The molecule has 0 spiro atoms. The minimum absolute atomic E-state index is 0.0182. The number of methoxy groups -OCH3 is 1. The molecule has 0 aromatic heterocycles. The van der Waals surface area contributed by atoms with E-state index < -0.39 is 4.92 Å². The summed E-state index contributed by atoms with van der Waals surface area (Å²) in [5.74, 6) is 0.551. The van der Waals surface area contributed by atoms with Gasteiger partial charge < -0.3 is 9.64 Å². The Labute approximate surface area is 156 Å². The van der Waals surface area contributed by atoms with Crippen molar-refractivity contribution in [1.82, 2.24) is 0 Å². The van der Waals surface area contributed by atoms with Crippen LogP contribution in [0, 0.1) is 10.1 Å². The van der Waals surface area contributed by atoms with Crippen molar-refractivity contribution in [3.63, 3.8) is 0 Å². The molecule has 6 nitrogen and oxygen atoms in total. The zero-order valence-electron chi connectivity index (χ0n) is 14.7. The fourth-order valence-corrected chi connectivity index (χ4v) is 2.68. The third-order valence-corrected chi connectivity index (χ3v) is 4.14. The Hall–Kier alpha value is -3.67. The van der Waals surface area contributed by atoms with Crippen LogP contribution in [0.25, 0.3) is 0 Å². The minimum atomic E-state index is -0.462. The van der Waals surface area contributed by atoms with Crippen molar-refractivity contribution in [1.29, 1.82) is 0 Å². The van der Waals surface area contributed by atoms with Gasteiger partial charge in [-0.05, 0) is 42.0 Å². The maximum absolute atomic E-state index is 13.1. The molecule has 0 radical (unpaired) electrons. The molecule has 0 aliphatic heterocycles. The number of carbonyl (C=O) groups excluding carboxylic acids is 1. The van der Waals surface area contributed by atoms with Gasteiger partial charge in [0, 0.05) is 23.4 Å². The van der Waals surface area contributed by atoms with Gasteiger partial charge in [-0.2, -0.15) is 0 Å². The summed E-state index contributed by atoms with van der Waals surface area (Å²) in [6.45, 7) is 0.329. The van der Waals surface area contributed by atoms with Gasteiger partial charge in [-0.3, -0.25) is 14.9 Å². The maximum atomic E-state index is 13.1. The van der Waals surface area contributed by atoms with E-state index >= 15 is 0 Å². The number of benzene rings is 3. The van der Waals surface area contributed by atoms with Crippen LogP contribution in [-0.2, 0) is 6.54 Å². The summed E-state index contributed by atoms with van der Waals surface area (Å²) in [6, 6.07) is 22.3. The normalized spacial score (nSPS) is 10.3. The van der Waals surface area contributed by atoms with Gasteiger partial charge in [0.1, 0.15) is 5.75 Å². The zero-order chi connectivity index (χ0) is 19.2. The SMILES string of the molecule is COc1ccc(CN(C(=O)c2ccccc2)c2ccc([N+](=O)[O-])cc2)cc1. The standard InChI is InChI=1S/C21H18N2O4/c1-27-20-13-7-16(8-14-20)15-22(21(24)17-5-3-2-4-6-17)18-9-11-19(12-10-18)23(25)26/h2-14H,15H2,1H3. The smallest absolute Gasteiger partial charge is 0.269 e. The van der Waals surface area contributed by atoms with Gasteiger partial charge in [-0.25, -0.2) is 0 Å². The van der Waals surface area contributed by atoms with E-state index in [9.17, 15) is 14.9 Å². The molecule has 0 bridgehead atoms. The fourth-order valence-electron chi connectivity index (χ4n) is 2.68. The van der Waals surface area contributed by atoms with E-state index in [1.54, 1.807) is 48.4 Å². The molecule has 0 aliphatic carbocycles. The number of hydrogen-bond acceptors (Lipinski definition) is 4. The monoisotopic (exact) mass is 362 g/mol. The molecule has 0 fully saturated rings. The first-order valence-electron chi connectivity index (χ1n) is 8.33. The highest BCUT2D eigenvalue weighted by Gasteiger charge is 2.19. The largest absolute Gasteiger partial charge is 0.497 e. The van der Waals surface area contributed by atoms with E-state index in [2.05, 4.69) is 0 Å². The lowest BCUT2D eigenvalue weighted by atomic mass is 10.1. The second-order valence-corrected chi connectivity index (χ2v) is 5.88. The van der Waals surface area contributed by atoms with E-state index in [-0.39, 0.29) is 11.6 Å². The molecular formula is C21H18N2O4. The van der Waals surface area contributed by atoms with Crippen LogP contribution >= 0.6 is 0 Å². The molecule has 0 aliphatic rings. The van der Waals surface area contributed by atoms with Gasteiger partial charge in [0.05, 0.1) is 18.6 Å². The van der Waals surface area contributed by atoms with Crippen LogP contribution in [0.3, 0.4) is 0 Å². The number of anilines is 1. The third kappa shape index (κ3) is 4.30. The molecule has 0 saturated carbocycles. The van der Waals surface area contributed by atoms with Gasteiger partial charge in [0.25, 0.3) is 11.6 Å². The first-order chi connectivity index (χ1) is 13.1. The average molecular weight is 362 g/mol. The van der Waals surface area contributed by atoms with Crippen molar-refractivity contribution in [3.05, 3.63) is 100 Å². The topological polar surface area (TPSA) is 72.7 Å². The van der Waals surface area contributed by atoms with Gasteiger partial charge in [0.2, 0.25) is 0 Å². The van der Waals surface area contributed by atoms with Gasteiger partial charge in [-0.1, -0.05) is 30.3 Å². The zero-order valence-corrected chi connectivity index (χ0v) is 14.7. The summed E-state index contributed by atoms with van der Waals surface area (Å²) >= 11 is 0. The van der Waals surface area contributed by atoms with E-state index in [0.29, 0.717) is 17.8 Å². The highest BCUT2D eigenvalue weighted by Crippen LogP contribution is 2.24. The second-order valence-electron chi connectivity index (χ2n) is 5.88. The molecule has 0 saturated heterocycles. The Morgan fingerprint density at radius 1 is 0.963 bits per heavy atom. The van der Waals surface area contributed by atoms with Crippen molar-refractivity contribution in [3.8, 4) is 5.75 Å². The van der Waals surface area contributed by atoms with Crippen LogP contribution in [0.4, 0.5) is 11.4 Å². The van der Waals surface area contributed by atoms with Crippen LogP contribution in [0.15, 0.2) is 78.9 Å². The van der Waals surface area contributed by atoms with E-state index in [4.69, 9.17) is 4.74 Å². The summed E-state index contributed by atoms with van der Waals surface area (Å²) in [5, 5.41) is 10.9. The van der Waals surface area contributed by atoms with Crippen LogP contribution in [0.5, 0.6) is 5.75 Å². The lowest BCUT2D eigenvalue weighted by Crippen LogP contribution is -2.30. The van der Waals surface area contributed by atoms with Crippen LogP contribution in [0.2, 0.25) is 0 Å². The van der Waals surface area contributed by atoms with Crippen LogP contribution in [-0.4, -0.2) is 17.9 Å². The molecule has 0 heterocycles. The molecule has 0 atom stereocenters. The lowest BCUT2D eigenvalue weighted by Gasteiger charge is -2.23. The number of ether oxygens (including phenoxy) is 1. The predicted octanol–water partition coefficient (Wildman–Crippen LogP) is 4.45. The summed E-state index contributed by atoms with van der Waals surface area (Å²) in [6.07, 6.45) is 0. The number of nitrogens with zero attached hydrogens (tertiary/aromatic N) is 2. The van der Waals surface area contributed by atoms with E-state index in [1.165, 1.54) is 12.1 Å². The number of amides is 1. The molecule has 3 aromatic rings. The number of non-ortho nitro benzene ring substituents is 1. The molecule has 0 N–H and O–H groups in total. The molecule has 3 rings (SSSR count). The highest BCUT2D eigenvalue weighted by molar-refractivity contribution is 6.06. The van der Waals surface area contributed by atoms with E-state index in [1.807, 2.05) is 30.3 Å². The third-order valence-electron chi connectivity index (χ3n) is 4.14. The van der Waals surface area contributed by atoms with E-state index in [0.717, 1.165) is 11.3 Å². The van der Waals surface area contributed by atoms with Gasteiger partial charge >= 0.3 is 0 Å². The van der Waals surface area contributed by atoms with Crippen molar-refractivity contribution in [2.24, 2.45) is 0 Å². The second kappa shape index (κ2) is 8.14. The molecule has 136 valence electrons. The number of rotatable bonds is 6. The predicted molar refractivity (Wildman–Crippen MR) is 103 cm³/mol. The Kier molecular flexibility index (Phi) is 5.47. The Morgan fingerprint density at radius 2 is 1.59 bits per heavy atom. The van der Waals surface area contributed by atoms with Crippen LogP contribution < -0.4 is 9.64 Å². The van der Waals surface area contributed by atoms with Crippen molar-refractivity contribution in [2.75, 3.05) is 12.0 Å². The molecule has 27 heavy (non-hydrogen) atoms. The molecule has 0 unspecified atom stereocenters. The Bertz CT molecular complexity index is 923. The Balaban J connectivity index is 1.94. The first-order valence-corrected chi connectivity index (χ1v) is 8.33. The summed E-state index contributed by atoms with van der Waals surface area (Å²) < 4.78 is 5.17. The van der Waals surface area contributed by atoms with Crippen molar-refractivity contribution in [2.45, 2.75) is 6.54 Å². The fraction of sp³-hybridized carbons (Fsp3) is 0.0952. The molecule has 1 amide bonds. The number of hydrogen-bond donors (Lipinski definition) is 0. The number of nitro groups is 1. The number of nitro benzene ring substituents is 1. The van der Waals surface area contributed by atoms with Gasteiger partial charge in [-0.15, -0.1) is 0 Å². The number of carbonyl (C=O) groups is 1. The quantitative estimate of drug-likeness (QED) is 0.480. The molecular weight excluding hydrogens is 344 g/mol. The van der Waals surface area contributed by atoms with Crippen molar-refractivity contribution >= 4 is 17.3 Å². The van der Waals surface area contributed by atoms with Crippen LogP contribution in [0.1, 0.15) is 15.9 Å². The maximum Gasteiger partial charge on any atom is 0.269 e. The summed E-state index contributed by atoms with van der Waals surface area (Å²) in [7, 11) is 1.59. The van der Waals surface area contributed by atoms with Gasteiger partial charge in [0.15, 0.2) is 0 Å². The Morgan fingerprint density at radius 3 is 2.15 bits per heavy atom. The average Bonchev–Trinajstić information content (AvgIpc) is 2.72. The first kappa shape index (κ1) is 18.1.